The van der Waals surface area contributed by atoms with E-state index in [2.05, 4.69) is 26.1 Å². The molecule has 4 heteroatoms. The maximum absolute atomic E-state index is 13.1. The van der Waals surface area contributed by atoms with Gasteiger partial charge in [0.2, 0.25) is 0 Å². The number of rotatable bonds is 2. The van der Waals surface area contributed by atoms with Gasteiger partial charge in [0.1, 0.15) is 5.82 Å². The highest BCUT2D eigenvalue weighted by molar-refractivity contribution is 9.10. The number of nitrogens with one attached hydrogen (secondary N) is 1. The Morgan fingerprint density at radius 2 is 2.17 bits per heavy atom. The molecule has 1 unspecified atom stereocenters. The zero-order valence-electron chi connectivity index (χ0n) is 10.3. The first kappa shape index (κ1) is 12.4. The average Bonchev–Trinajstić information content (AvgIpc) is 3.15. The summed E-state index contributed by atoms with van der Waals surface area (Å²) < 4.78 is 14.0. The topological polar surface area (TPSA) is 15.3 Å². The lowest BCUT2D eigenvalue weighted by Crippen LogP contribution is -2.39. The van der Waals surface area contributed by atoms with Crippen LogP contribution in [0, 0.1) is 11.7 Å². The second kappa shape index (κ2) is 5.17. The van der Waals surface area contributed by atoms with Crippen molar-refractivity contribution < 1.29 is 4.39 Å². The second-order valence-corrected chi connectivity index (χ2v) is 6.15. The first-order valence-corrected chi connectivity index (χ1v) is 7.47. The first-order valence-electron chi connectivity index (χ1n) is 6.67. The van der Waals surface area contributed by atoms with Gasteiger partial charge in [0.15, 0.2) is 0 Å². The van der Waals surface area contributed by atoms with Gasteiger partial charge in [-0.2, -0.15) is 0 Å². The quantitative estimate of drug-likeness (QED) is 0.902. The Balaban J connectivity index is 1.80. The van der Waals surface area contributed by atoms with Gasteiger partial charge < -0.3 is 10.2 Å². The van der Waals surface area contributed by atoms with Gasteiger partial charge in [-0.1, -0.05) is 0 Å². The van der Waals surface area contributed by atoms with Crippen LogP contribution < -0.4 is 10.2 Å². The van der Waals surface area contributed by atoms with Crippen LogP contribution in [-0.4, -0.2) is 25.7 Å². The third-order valence-electron chi connectivity index (χ3n) is 3.87. The summed E-state index contributed by atoms with van der Waals surface area (Å²) in [6, 6.07) is 5.59. The van der Waals surface area contributed by atoms with Gasteiger partial charge in [0.05, 0.1) is 5.69 Å². The summed E-state index contributed by atoms with van der Waals surface area (Å²) in [6.45, 7) is 3.17. The fourth-order valence-electron chi connectivity index (χ4n) is 2.72. The number of halogens is 2. The molecule has 1 heterocycles. The van der Waals surface area contributed by atoms with E-state index >= 15 is 0 Å². The number of nitrogens with zero attached hydrogens (tertiary/aromatic N) is 1. The summed E-state index contributed by atoms with van der Waals surface area (Å²) in [5.41, 5.74) is 1.12. The molecule has 1 aliphatic heterocycles. The van der Waals surface area contributed by atoms with Gasteiger partial charge in [-0.15, -0.1) is 0 Å². The largest absolute Gasteiger partial charge is 0.369 e. The van der Waals surface area contributed by atoms with E-state index in [-0.39, 0.29) is 5.82 Å². The van der Waals surface area contributed by atoms with E-state index in [9.17, 15) is 4.39 Å². The number of benzene rings is 1. The molecule has 98 valence electrons. The van der Waals surface area contributed by atoms with Crippen molar-refractivity contribution in [3.05, 3.63) is 28.5 Å². The summed E-state index contributed by atoms with van der Waals surface area (Å²) in [6.07, 6.45) is 3.86. The zero-order valence-corrected chi connectivity index (χ0v) is 11.9. The number of anilines is 1. The summed E-state index contributed by atoms with van der Waals surface area (Å²) in [5.74, 6) is 0.669. The molecular formula is C14H18BrFN2. The maximum atomic E-state index is 13.1. The molecule has 1 aliphatic carbocycles. The van der Waals surface area contributed by atoms with Crippen LogP contribution in [0.3, 0.4) is 0 Å². The summed E-state index contributed by atoms with van der Waals surface area (Å²) in [5, 5.41) is 3.64. The SMILES string of the molecule is Fc1ccc(N2CCCNC(C3CC3)C2)c(Br)c1. The van der Waals surface area contributed by atoms with Crippen LogP contribution in [0.5, 0.6) is 0 Å². The summed E-state index contributed by atoms with van der Waals surface area (Å²) in [7, 11) is 0. The molecular weight excluding hydrogens is 295 g/mol. The Kier molecular flexibility index (Phi) is 3.57. The Hall–Kier alpha value is -0.610. The second-order valence-electron chi connectivity index (χ2n) is 5.29. The molecule has 0 spiro atoms. The van der Waals surface area contributed by atoms with Crippen molar-refractivity contribution in [1.29, 1.82) is 0 Å². The normalized spacial score (nSPS) is 25.0. The fourth-order valence-corrected chi connectivity index (χ4v) is 3.32. The Morgan fingerprint density at radius 3 is 2.89 bits per heavy atom. The van der Waals surface area contributed by atoms with Crippen molar-refractivity contribution in [2.45, 2.75) is 25.3 Å². The van der Waals surface area contributed by atoms with Crippen LogP contribution in [0.4, 0.5) is 10.1 Å². The molecule has 0 amide bonds. The van der Waals surface area contributed by atoms with E-state index < -0.39 is 0 Å². The highest BCUT2D eigenvalue weighted by Crippen LogP contribution is 2.35. The van der Waals surface area contributed by atoms with Crippen LogP contribution in [0.1, 0.15) is 19.3 Å². The fraction of sp³-hybridized carbons (Fsp3) is 0.571. The first-order chi connectivity index (χ1) is 8.74. The van der Waals surface area contributed by atoms with E-state index in [0.717, 1.165) is 42.1 Å². The molecule has 1 N–H and O–H groups in total. The summed E-state index contributed by atoms with van der Waals surface area (Å²) >= 11 is 3.48. The average molecular weight is 313 g/mol. The van der Waals surface area contributed by atoms with Crippen LogP contribution >= 0.6 is 15.9 Å². The molecule has 0 radical (unpaired) electrons. The van der Waals surface area contributed by atoms with Crippen molar-refractivity contribution in [2.75, 3.05) is 24.5 Å². The Morgan fingerprint density at radius 1 is 1.33 bits per heavy atom. The third-order valence-corrected chi connectivity index (χ3v) is 4.51. The van der Waals surface area contributed by atoms with Gasteiger partial charge in [-0.05, 0) is 65.9 Å². The maximum Gasteiger partial charge on any atom is 0.124 e. The zero-order chi connectivity index (χ0) is 12.5. The predicted molar refractivity (Wildman–Crippen MR) is 75.4 cm³/mol. The molecule has 2 aliphatic rings. The van der Waals surface area contributed by atoms with Crippen LogP contribution in [-0.2, 0) is 0 Å². The summed E-state index contributed by atoms with van der Waals surface area (Å²) in [4.78, 5) is 2.38. The predicted octanol–water partition coefficient (Wildman–Crippen LogP) is 3.17. The molecule has 1 aromatic rings. The van der Waals surface area contributed by atoms with Gasteiger partial charge in [-0.25, -0.2) is 4.39 Å². The minimum absolute atomic E-state index is 0.183. The standard InChI is InChI=1S/C14H18BrFN2/c15-12-8-11(16)4-5-14(12)18-7-1-6-17-13(9-18)10-2-3-10/h4-5,8,10,13,17H,1-3,6-7,9H2. The molecule has 3 rings (SSSR count). The van der Waals surface area contributed by atoms with Crippen molar-refractivity contribution in [3.8, 4) is 0 Å². The smallest absolute Gasteiger partial charge is 0.124 e. The van der Waals surface area contributed by atoms with Gasteiger partial charge in [0.25, 0.3) is 0 Å². The van der Waals surface area contributed by atoms with Crippen molar-refractivity contribution in [1.82, 2.24) is 5.32 Å². The molecule has 0 bridgehead atoms. The van der Waals surface area contributed by atoms with E-state index in [1.807, 2.05) is 6.07 Å². The lowest BCUT2D eigenvalue weighted by atomic mass is 10.1. The molecule has 2 fully saturated rings. The Labute approximate surface area is 116 Å². The molecule has 1 saturated carbocycles. The van der Waals surface area contributed by atoms with Crippen molar-refractivity contribution >= 4 is 21.6 Å². The van der Waals surface area contributed by atoms with Crippen molar-refractivity contribution in [2.24, 2.45) is 5.92 Å². The van der Waals surface area contributed by atoms with Gasteiger partial charge in [0, 0.05) is 23.6 Å². The van der Waals surface area contributed by atoms with Gasteiger partial charge in [-0.3, -0.25) is 0 Å². The van der Waals surface area contributed by atoms with E-state index in [4.69, 9.17) is 0 Å². The van der Waals surface area contributed by atoms with E-state index in [0.29, 0.717) is 6.04 Å². The lowest BCUT2D eigenvalue weighted by Gasteiger charge is -2.27. The van der Waals surface area contributed by atoms with Crippen molar-refractivity contribution in [3.63, 3.8) is 0 Å². The molecule has 1 atom stereocenters. The highest BCUT2D eigenvalue weighted by atomic mass is 79.9. The third kappa shape index (κ3) is 2.69. The molecule has 2 nitrogen and oxygen atoms in total. The molecule has 0 aromatic heterocycles. The lowest BCUT2D eigenvalue weighted by molar-refractivity contribution is 0.490. The monoisotopic (exact) mass is 312 g/mol. The number of hydrogen-bond donors (Lipinski definition) is 1. The molecule has 1 aromatic carbocycles. The van der Waals surface area contributed by atoms with E-state index in [1.54, 1.807) is 12.1 Å². The minimum atomic E-state index is -0.183. The van der Waals surface area contributed by atoms with E-state index in [1.165, 1.54) is 12.8 Å². The Bertz CT molecular complexity index is 434. The molecule has 1 saturated heterocycles. The minimum Gasteiger partial charge on any atom is -0.369 e. The number of hydrogen-bond acceptors (Lipinski definition) is 2. The van der Waals surface area contributed by atoms with Crippen LogP contribution in [0.25, 0.3) is 0 Å². The van der Waals surface area contributed by atoms with Crippen LogP contribution in [0.2, 0.25) is 0 Å². The van der Waals surface area contributed by atoms with Crippen LogP contribution in [0.15, 0.2) is 22.7 Å². The highest BCUT2D eigenvalue weighted by Gasteiger charge is 2.33. The molecule has 18 heavy (non-hydrogen) atoms. The van der Waals surface area contributed by atoms with Gasteiger partial charge >= 0.3 is 0 Å².